The summed E-state index contributed by atoms with van der Waals surface area (Å²) >= 11 is 6.03. The number of hydrazone groups is 1. The summed E-state index contributed by atoms with van der Waals surface area (Å²) < 4.78 is 22.8. The Morgan fingerprint density at radius 1 is 1.02 bits per heavy atom. The highest BCUT2D eigenvalue weighted by atomic mass is 35.5. The van der Waals surface area contributed by atoms with Gasteiger partial charge in [-0.05, 0) is 75.2 Å². The third kappa shape index (κ3) is 9.33. The minimum atomic E-state index is -1.16. The number of aliphatic hydroxyl groups is 1. The van der Waals surface area contributed by atoms with Gasteiger partial charge in [-0.25, -0.2) is 9.59 Å². The number of carbonyl (C=O) groups is 2. The van der Waals surface area contributed by atoms with Crippen LogP contribution in [-0.2, 0) is 16.1 Å². The summed E-state index contributed by atoms with van der Waals surface area (Å²) in [5.41, 5.74) is 6.65. The van der Waals surface area contributed by atoms with E-state index < -0.39 is 24.3 Å². The molecular formula is C35H42ClN5O7. The van der Waals surface area contributed by atoms with Crippen molar-refractivity contribution < 1.29 is 33.6 Å². The van der Waals surface area contributed by atoms with Crippen molar-refractivity contribution in [3.05, 3.63) is 93.6 Å². The van der Waals surface area contributed by atoms with Crippen molar-refractivity contribution in [2.75, 3.05) is 38.3 Å². The second-order valence-corrected chi connectivity index (χ2v) is 11.2. The van der Waals surface area contributed by atoms with Gasteiger partial charge in [0.1, 0.15) is 19.0 Å². The zero-order chi connectivity index (χ0) is 34.6. The van der Waals surface area contributed by atoms with Crippen molar-refractivity contribution in [1.82, 2.24) is 16.1 Å². The van der Waals surface area contributed by atoms with Crippen LogP contribution in [0.15, 0.2) is 77.0 Å². The van der Waals surface area contributed by atoms with Crippen molar-refractivity contribution >= 4 is 35.5 Å². The van der Waals surface area contributed by atoms with Crippen LogP contribution in [0.4, 0.5) is 10.5 Å². The quantitative estimate of drug-likeness (QED) is 0.0688. The van der Waals surface area contributed by atoms with Gasteiger partial charge in [0.05, 0.1) is 31.5 Å². The maximum absolute atomic E-state index is 12.5. The average molecular weight is 680 g/mol. The molecule has 0 saturated carbocycles. The number of benzene rings is 3. The molecule has 0 aromatic heterocycles. The molecule has 1 aliphatic rings. The molecule has 2 atom stereocenters. The molecule has 0 saturated heterocycles. The molecule has 13 heteroatoms. The number of rotatable bonds is 16. The van der Waals surface area contributed by atoms with Crippen LogP contribution < -0.4 is 35.2 Å². The number of hydrogen-bond acceptors (Lipinski definition) is 10. The Morgan fingerprint density at radius 3 is 2.46 bits per heavy atom. The number of nitrogens with one attached hydrogen (secondary N) is 3. The maximum atomic E-state index is 12.5. The van der Waals surface area contributed by atoms with Gasteiger partial charge in [0.25, 0.3) is 0 Å². The lowest BCUT2D eigenvalue weighted by Gasteiger charge is -2.28. The molecule has 0 fully saturated rings. The predicted molar refractivity (Wildman–Crippen MR) is 185 cm³/mol. The van der Waals surface area contributed by atoms with E-state index in [2.05, 4.69) is 39.9 Å². The van der Waals surface area contributed by atoms with Gasteiger partial charge in [0, 0.05) is 41.1 Å². The fourth-order valence-electron chi connectivity index (χ4n) is 5.10. The first-order valence-corrected chi connectivity index (χ1v) is 16.0. The number of amides is 2. The number of allylic oxidation sites excluding steroid dienone is 1. The highest BCUT2D eigenvalue weighted by Gasteiger charge is 2.32. The molecule has 0 unspecified atom stereocenters. The first kappa shape index (κ1) is 35.9. The Morgan fingerprint density at radius 2 is 1.77 bits per heavy atom. The number of esters is 1. The van der Waals surface area contributed by atoms with Crippen molar-refractivity contribution in [3.63, 3.8) is 0 Å². The summed E-state index contributed by atoms with van der Waals surface area (Å²) in [5, 5.41) is 20.9. The maximum Gasteiger partial charge on any atom is 0.337 e. The number of nitrogens with zero attached hydrogens (tertiary/aromatic N) is 2. The van der Waals surface area contributed by atoms with Gasteiger partial charge in [0.2, 0.25) is 0 Å². The molecule has 3 aromatic carbocycles. The molecule has 2 amide bonds. The lowest BCUT2D eigenvalue weighted by Crippen LogP contribution is -2.45. The number of urea groups is 1. The van der Waals surface area contributed by atoms with E-state index in [0.29, 0.717) is 46.7 Å². The molecule has 48 heavy (non-hydrogen) atoms. The third-order valence-corrected chi connectivity index (χ3v) is 7.78. The Hall–Kier alpha value is -4.94. The topological polar surface area (TPSA) is 143 Å². The van der Waals surface area contributed by atoms with E-state index in [9.17, 15) is 14.7 Å². The molecular weight excluding hydrogens is 638 g/mol. The molecule has 256 valence electrons. The fraction of sp³-hybridized carbons (Fsp3) is 0.343. The minimum Gasteiger partial charge on any atom is -0.490 e. The van der Waals surface area contributed by atoms with Gasteiger partial charge in [0.15, 0.2) is 17.7 Å². The summed E-state index contributed by atoms with van der Waals surface area (Å²) in [5.74, 6) is 0.794. The molecule has 4 rings (SSSR count). The van der Waals surface area contributed by atoms with Crippen molar-refractivity contribution in [2.45, 2.75) is 46.6 Å². The minimum absolute atomic E-state index is 0.159. The molecule has 1 heterocycles. The molecule has 0 spiro atoms. The average Bonchev–Trinajstić information content (AvgIpc) is 3.08. The first-order chi connectivity index (χ1) is 23.2. The zero-order valence-corrected chi connectivity index (χ0v) is 28.5. The van der Waals surface area contributed by atoms with E-state index in [1.165, 1.54) is 7.11 Å². The first-order valence-electron chi connectivity index (χ1n) is 15.7. The van der Waals surface area contributed by atoms with Crippen LogP contribution in [0.25, 0.3) is 0 Å². The van der Waals surface area contributed by atoms with Crippen LogP contribution in [0.5, 0.6) is 17.2 Å². The molecule has 12 nitrogen and oxygen atoms in total. The second-order valence-electron chi connectivity index (χ2n) is 10.7. The second kappa shape index (κ2) is 17.3. The number of carbonyl (C=O) groups excluding carboxylic acids is 2. The SMILES string of the molecule is CCOc1cc([C@@H]2NC(=O)NC(C)=C2C(=O)OC)ccc1OC[C@H](O)N/N=C/c1ccc(N(CC)CC)cc1OCc1ccc(Cl)cc1. The lowest BCUT2D eigenvalue weighted by molar-refractivity contribution is -0.136. The summed E-state index contributed by atoms with van der Waals surface area (Å²) in [4.78, 5) is 26.9. The number of halogens is 1. The van der Waals surface area contributed by atoms with Gasteiger partial charge in [-0.3, -0.25) is 5.43 Å². The van der Waals surface area contributed by atoms with Crippen LogP contribution in [0.3, 0.4) is 0 Å². The number of ether oxygens (including phenoxy) is 4. The number of aliphatic hydroxyl groups excluding tert-OH is 1. The van der Waals surface area contributed by atoms with Crippen LogP contribution in [-0.4, -0.2) is 63.0 Å². The summed E-state index contributed by atoms with van der Waals surface area (Å²) in [6, 6.07) is 17.2. The fourth-order valence-corrected chi connectivity index (χ4v) is 5.22. The Labute approximate surface area is 285 Å². The number of methoxy groups -OCH3 is 1. The predicted octanol–water partition coefficient (Wildman–Crippen LogP) is 5.29. The van der Waals surface area contributed by atoms with Crippen LogP contribution in [0.1, 0.15) is 50.4 Å². The van der Waals surface area contributed by atoms with E-state index in [-0.39, 0.29) is 12.2 Å². The van der Waals surface area contributed by atoms with Crippen LogP contribution in [0, 0.1) is 0 Å². The van der Waals surface area contributed by atoms with E-state index in [1.54, 1.807) is 31.3 Å². The van der Waals surface area contributed by atoms with Crippen molar-refractivity contribution in [1.29, 1.82) is 0 Å². The standard InChI is InChI=1S/C35H42ClN5O7/c1-6-41(7-2)27-15-11-25(29(18-27)47-20-23-9-13-26(36)14-10-23)19-37-40-31(42)21-48-28-16-12-24(17-30(28)46-8-3)33-32(34(43)45-5)22(4)38-35(44)39-33/h9-19,31,33,40,42H,6-8,20-21H2,1-5H3,(H2,38,39,44)/b37-19+/t31-,33-/m0/s1. The summed E-state index contributed by atoms with van der Waals surface area (Å²) in [7, 11) is 1.28. The number of hydrogen-bond donors (Lipinski definition) is 4. The van der Waals surface area contributed by atoms with E-state index in [1.807, 2.05) is 49.4 Å². The highest BCUT2D eigenvalue weighted by molar-refractivity contribution is 6.30. The van der Waals surface area contributed by atoms with Crippen molar-refractivity contribution in [3.8, 4) is 17.2 Å². The molecule has 3 aromatic rings. The van der Waals surface area contributed by atoms with Gasteiger partial charge in [-0.2, -0.15) is 5.10 Å². The van der Waals surface area contributed by atoms with Crippen LogP contribution >= 0.6 is 11.6 Å². The number of anilines is 1. The van der Waals surface area contributed by atoms with Crippen molar-refractivity contribution in [2.24, 2.45) is 5.10 Å². The molecule has 0 bridgehead atoms. The smallest absolute Gasteiger partial charge is 0.337 e. The monoisotopic (exact) mass is 679 g/mol. The lowest BCUT2D eigenvalue weighted by atomic mass is 9.95. The van der Waals surface area contributed by atoms with Gasteiger partial charge in [-0.15, -0.1) is 0 Å². The summed E-state index contributed by atoms with van der Waals surface area (Å²) in [6.07, 6.45) is 0.415. The zero-order valence-electron chi connectivity index (χ0n) is 27.7. The molecule has 0 aliphatic carbocycles. The van der Waals surface area contributed by atoms with E-state index in [0.717, 1.165) is 29.9 Å². The van der Waals surface area contributed by atoms with Gasteiger partial charge in [-0.1, -0.05) is 29.8 Å². The van der Waals surface area contributed by atoms with E-state index >= 15 is 0 Å². The normalized spacial score (nSPS) is 15.0. The molecule has 4 N–H and O–H groups in total. The van der Waals surface area contributed by atoms with Gasteiger partial charge >= 0.3 is 12.0 Å². The Kier molecular flexibility index (Phi) is 12.9. The molecule has 0 radical (unpaired) electrons. The largest absolute Gasteiger partial charge is 0.490 e. The Balaban J connectivity index is 1.44. The molecule has 1 aliphatic heterocycles. The van der Waals surface area contributed by atoms with E-state index in [4.69, 9.17) is 30.5 Å². The Bertz CT molecular complexity index is 1630. The third-order valence-electron chi connectivity index (χ3n) is 7.53. The summed E-state index contributed by atoms with van der Waals surface area (Å²) in [6.45, 7) is 9.86. The van der Waals surface area contributed by atoms with Crippen LogP contribution in [0.2, 0.25) is 5.02 Å². The highest BCUT2D eigenvalue weighted by Crippen LogP contribution is 2.35. The van der Waals surface area contributed by atoms with Gasteiger partial charge < -0.3 is 39.6 Å².